The predicted octanol–water partition coefficient (Wildman–Crippen LogP) is 6.96. The summed E-state index contributed by atoms with van der Waals surface area (Å²) in [6.07, 6.45) is 8.87. The smallest absolute Gasteiger partial charge is 0.194 e. The Kier molecular flexibility index (Phi) is 6.12. The van der Waals surface area contributed by atoms with Crippen LogP contribution < -0.4 is 0 Å². The van der Waals surface area contributed by atoms with Gasteiger partial charge in [-0.25, -0.2) is 17.6 Å². The fourth-order valence-electron chi connectivity index (χ4n) is 3.75. The average molecular weight is 362 g/mol. The molecule has 0 unspecified atom stereocenters. The molecule has 1 aliphatic rings. The molecule has 0 N–H and O–H groups in total. The fourth-order valence-corrected chi connectivity index (χ4v) is 3.75. The van der Waals surface area contributed by atoms with Crippen molar-refractivity contribution in [1.29, 1.82) is 0 Å². The van der Waals surface area contributed by atoms with Crippen LogP contribution in [0.5, 0.6) is 0 Å². The third-order valence-electron chi connectivity index (χ3n) is 5.27. The van der Waals surface area contributed by atoms with E-state index in [2.05, 4.69) is 0 Å². The Hall–Kier alpha value is -2.10. The van der Waals surface area contributed by atoms with Crippen LogP contribution >= 0.6 is 0 Å². The Morgan fingerprint density at radius 2 is 1.42 bits per heavy atom. The highest BCUT2D eigenvalue weighted by Gasteiger charge is 2.21. The third kappa shape index (κ3) is 4.35. The maximum absolute atomic E-state index is 13.4. The zero-order valence-corrected chi connectivity index (χ0v) is 14.5. The topological polar surface area (TPSA) is 0 Å². The molecule has 0 spiro atoms. The summed E-state index contributed by atoms with van der Waals surface area (Å²) in [4.78, 5) is 0. The first kappa shape index (κ1) is 18.7. The normalized spacial score (nSPS) is 20.6. The van der Waals surface area contributed by atoms with E-state index in [0.29, 0.717) is 23.0 Å². The summed E-state index contributed by atoms with van der Waals surface area (Å²) in [5.41, 5.74) is 2.21. The summed E-state index contributed by atoms with van der Waals surface area (Å²) < 4.78 is 52.0. The molecule has 0 saturated heterocycles. The monoisotopic (exact) mass is 362 g/mol. The van der Waals surface area contributed by atoms with E-state index in [9.17, 15) is 17.6 Å². The van der Waals surface area contributed by atoms with Gasteiger partial charge in [0.25, 0.3) is 0 Å². The summed E-state index contributed by atoms with van der Waals surface area (Å²) in [7, 11) is 0. The van der Waals surface area contributed by atoms with Gasteiger partial charge in [-0.1, -0.05) is 36.4 Å². The van der Waals surface area contributed by atoms with E-state index < -0.39 is 24.1 Å². The van der Waals surface area contributed by atoms with Crippen LogP contribution in [0.15, 0.2) is 48.6 Å². The number of halogens is 4. The minimum absolute atomic E-state index is 0.330. The Labute approximate surface area is 151 Å². The van der Waals surface area contributed by atoms with Gasteiger partial charge < -0.3 is 0 Å². The van der Waals surface area contributed by atoms with Crippen molar-refractivity contribution in [3.05, 3.63) is 71.6 Å². The van der Waals surface area contributed by atoms with E-state index >= 15 is 0 Å². The maximum atomic E-state index is 13.4. The highest BCUT2D eigenvalue weighted by Crippen LogP contribution is 2.37. The molecule has 0 amide bonds. The molecule has 0 aliphatic heterocycles. The van der Waals surface area contributed by atoms with E-state index in [1.54, 1.807) is 6.08 Å². The van der Waals surface area contributed by atoms with Crippen LogP contribution in [0.1, 0.15) is 43.6 Å². The average Bonchev–Trinajstić information content (AvgIpc) is 2.67. The Morgan fingerprint density at radius 3 is 2.00 bits per heavy atom. The predicted molar refractivity (Wildman–Crippen MR) is 96.2 cm³/mol. The number of benzene rings is 2. The van der Waals surface area contributed by atoms with Gasteiger partial charge in [-0.3, -0.25) is 0 Å². The van der Waals surface area contributed by atoms with Gasteiger partial charge in [0.15, 0.2) is 17.5 Å². The molecular weight excluding hydrogens is 340 g/mol. The molecule has 2 aromatic carbocycles. The van der Waals surface area contributed by atoms with Gasteiger partial charge >= 0.3 is 0 Å². The summed E-state index contributed by atoms with van der Waals surface area (Å²) in [5, 5.41) is 0. The lowest BCUT2D eigenvalue weighted by Gasteiger charge is -2.28. The number of hydrogen-bond acceptors (Lipinski definition) is 0. The van der Waals surface area contributed by atoms with Crippen molar-refractivity contribution in [1.82, 2.24) is 0 Å². The second kappa shape index (κ2) is 8.52. The Bertz CT molecular complexity index is 733. The van der Waals surface area contributed by atoms with Gasteiger partial charge in [0.1, 0.15) is 6.67 Å². The fraction of sp³-hybridized carbons (Fsp3) is 0.364. The molecule has 0 nitrogen and oxygen atoms in total. The zero-order chi connectivity index (χ0) is 18.5. The SMILES string of the molecule is FC/C=C/CC1CCC(c2ccc(-c3cc(F)c(F)c(F)c3)cc2)CC1. The number of allylic oxidation sites excluding steroid dienone is 2. The van der Waals surface area contributed by atoms with Crippen LogP contribution in [0.3, 0.4) is 0 Å². The van der Waals surface area contributed by atoms with E-state index in [0.717, 1.165) is 44.2 Å². The molecule has 0 bridgehead atoms. The summed E-state index contributed by atoms with van der Waals surface area (Å²) in [6.45, 7) is -0.399. The lowest BCUT2D eigenvalue weighted by Crippen LogP contribution is -2.12. The molecule has 1 aliphatic carbocycles. The van der Waals surface area contributed by atoms with Crippen molar-refractivity contribution in [2.24, 2.45) is 5.92 Å². The summed E-state index contributed by atoms with van der Waals surface area (Å²) in [6, 6.07) is 9.67. The highest BCUT2D eigenvalue weighted by atomic mass is 19.2. The van der Waals surface area contributed by atoms with Gasteiger partial charge in [0, 0.05) is 0 Å². The van der Waals surface area contributed by atoms with Crippen molar-refractivity contribution in [3.8, 4) is 11.1 Å². The molecular formula is C22H22F4. The minimum Gasteiger partial charge on any atom is -0.247 e. The van der Waals surface area contributed by atoms with Crippen molar-refractivity contribution < 1.29 is 17.6 Å². The van der Waals surface area contributed by atoms with Gasteiger partial charge in [-0.2, -0.15) is 0 Å². The zero-order valence-electron chi connectivity index (χ0n) is 14.5. The van der Waals surface area contributed by atoms with E-state index in [1.807, 2.05) is 30.3 Å². The second-order valence-electron chi connectivity index (χ2n) is 6.95. The minimum atomic E-state index is -1.44. The van der Waals surface area contributed by atoms with Crippen LogP contribution in [0, 0.1) is 23.4 Å². The largest absolute Gasteiger partial charge is 0.247 e. The highest BCUT2D eigenvalue weighted by molar-refractivity contribution is 5.64. The van der Waals surface area contributed by atoms with Crippen LogP contribution in [0.4, 0.5) is 17.6 Å². The second-order valence-corrected chi connectivity index (χ2v) is 6.95. The van der Waals surface area contributed by atoms with Crippen LogP contribution in [-0.2, 0) is 0 Å². The molecule has 0 atom stereocenters. The molecule has 0 heterocycles. The third-order valence-corrected chi connectivity index (χ3v) is 5.27. The summed E-state index contributed by atoms with van der Waals surface area (Å²) in [5.74, 6) is -2.69. The number of hydrogen-bond donors (Lipinski definition) is 0. The summed E-state index contributed by atoms with van der Waals surface area (Å²) >= 11 is 0. The van der Waals surface area contributed by atoms with E-state index in [1.165, 1.54) is 5.56 Å². The van der Waals surface area contributed by atoms with Crippen molar-refractivity contribution in [3.63, 3.8) is 0 Å². The van der Waals surface area contributed by atoms with Gasteiger partial charge in [0.05, 0.1) is 0 Å². The van der Waals surface area contributed by atoms with Crippen LogP contribution in [0.25, 0.3) is 11.1 Å². The molecule has 0 aromatic heterocycles. The molecule has 2 aromatic rings. The quantitative estimate of drug-likeness (QED) is 0.306. The lowest BCUT2D eigenvalue weighted by atomic mass is 9.77. The molecule has 3 rings (SSSR count). The molecule has 4 heteroatoms. The first-order valence-corrected chi connectivity index (χ1v) is 9.04. The Morgan fingerprint density at radius 1 is 0.808 bits per heavy atom. The van der Waals surface area contributed by atoms with Gasteiger partial charge in [-0.15, -0.1) is 0 Å². The molecule has 138 valence electrons. The van der Waals surface area contributed by atoms with E-state index in [4.69, 9.17) is 0 Å². The van der Waals surface area contributed by atoms with E-state index in [-0.39, 0.29) is 0 Å². The van der Waals surface area contributed by atoms with Crippen molar-refractivity contribution in [2.75, 3.05) is 6.67 Å². The number of rotatable bonds is 5. The van der Waals surface area contributed by atoms with Crippen LogP contribution in [0.2, 0.25) is 0 Å². The van der Waals surface area contributed by atoms with Crippen LogP contribution in [-0.4, -0.2) is 6.67 Å². The Balaban J connectivity index is 1.65. The van der Waals surface area contributed by atoms with Crippen molar-refractivity contribution >= 4 is 0 Å². The van der Waals surface area contributed by atoms with Gasteiger partial charge in [-0.05, 0) is 72.8 Å². The van der Waals surface area contributed by atoms with Gasteiger partial charge in [0.2, 0.25) is 0 Å². The molecule has 0 radical (unpaired) electrons. The number of alkyl halides is 1. The standard InChI is InChI=1S/C22H22F4/c23-12-2-1-3-15-4-6-16(7-5-15)17-8-10-18(11-9-17)19-13-20(24)22(26)21(25)14-19/h1-2,8-11,13-16H,3-7,12H2/b2-1+. The van der Waals surface area contributed by atoms with Crippen molar-refractivity contribution in [2.45, 2.75) is 38.0 Å². The maximum Gasteiger partial charge on any atom is 0.194 e. The molecule has 1 fully saturated rings. The first-order chi connectivity index (χ1) is 12.6. The molecule has 26 heavy (non-hydrogen) atoms. The molecule has 1 saturated carbocycles. The first-order valence-electron chi connectivity index (χ1n) is 9.04. The lowest BCUT2D eigenvalue weighted by molar-refractivity contribution is 0.328.